The lowest BCUT2D eigenvalue weighted by molar-refractivity contribution is 0.100. The van der Waals surface area contributed by atoms with Gasteiger partial charge in [0.25, 0.3) is 5.91 Å². The molecule has 29 heavy (non-hydrogen) atoms. The molecule has 4 aromatic rings. The highest BCUT2D eigenvalue weighted by molar-refractivity contribution is 6.09. The minimum absolute atomic E-state index is 0.448. The molecule has 2 aromatic carbocycles. The number of anilines is 1. The van der Waals surface area contributed by atoms with Gasteiger partial charge in [-0.1, -0.05) is 49.4 Å². The van der Waals surface area contributed by atoms with Crippen LogP contribution < -0.4 is 11.1 Å². The van der Waals surface area contributed by atoms with Crippen LogP contribution in [0.4, 0.5) is 5.95 Å². The summed E-state index contributed by atoms with van der Waals surface area (Å²) < 4.78 is 0. The smallest absolute Gasteiger partial charge is 0.250 e. The number of H-pyrrole nitrogens is 1. The molecule has 0 spiro atoms. The van der Waals surface area contributed by atoms with Gasteiger partial charge in [0.15, 0.2) is 5.82 Å². The summed E-state index contributed by atoms with van der Waals surface area (Å²) in [6.45, 7) is 4.56. The van der Waals surface area contributed by atoms with Gasteiger partial charge in [0.05, 0.1) is 11.1 Å². The Morgan fingerprint density at radius 2 is 1.86 bits per heavy atom. The molecule has 2 aromatic heterocycles. The van der Waals surface area contributed by atoms with E-state index in [0.717, 1.165) is 22.2 Å². The topological polar surface area (TPSA) is 110 Å². The molecule has 0 unspecified atom stereocenters. The number of benzene rings is 2. The molecule has 0 aliphatic rings. The fourth-order valence-corrected chi connectivity index (χ4v) is 3.39. The minimum atomic E-state index is -0.474. The number of rotatable bonds is 6. The molecule has 0 aliphatic heterocycles. The van der Waals surface area contributed by atoms with Gasteiger partial charge in [0.2, 0.25) is 5.95 Å². The summed E-state index contributed by atoms with van der Waals surface area (Å²) in [6.07, 6.45) is 0.684. The predicted octanol–water partition coefficient (Wildman–Crippen LogP) is 3.60. The molecule has 4 N–H and O–H groups in total. The van der Waals surface area contributed by atoms with Crippen LogP contribution in [0, 0.1) is 6.92 Å². The first-order valence-corrected chi connectivity index (χ1v) is 9.51. The van der Waals surface area contributed by atoms with Crippen molar-refractivity contribution in [3.8, 4) is 11.4 Å². The van der Waals surface area contributed by atoms with Crippen molar-refractivity contribution in [2.75, 3.05) is 5.32 Å². The lowest BCUT2D eigenvalue weighted by atomic mass is 10.1. The van der Waals surface area contributed by atoms with E-state index in [0.29, 0.717) is 41.6 Å². The van der Waals surface area contributed by atoms with E-state index in [1.54, 1.807) is 6.07 Å². The molecule has 4 rings (SSSR count). The predicted molar refractivity (Wildman–Crippen MR) is 114 cm³/mol. The van der Waals surface area contributed by atoms with Gasteiger partial charge in [-0.15, -0.1) is 0 Å². The number of fused-ring (bicyclic) bond motifs is 1. The average molecular weight is 386 g/mol. The number of hydrogen-bond donors (Lipinski definition) is 3. The van der Waals surface area contributed by atoms with E-state index in [4.69, 9.17) is 5.73 Å². The second-order valence-corrected chi connectivity index (χ2v) is 6.81. The Balaban J connectivity index is 1.78. The lowest BCUT2D eigenvalue weighted by Crippen LogP contribution is -2.11. The van der Waals surface area contributed by atoms with E-state index in [-0.39, 0.29) is 0 Å². The normalized spacial score (nSPS) is 11.0. The van der Waals surface area contributed by atoms with Gasteiger partial charge in [-0.3, -0.25) is 4.79 Å². The van der Waals surface area contributed by atoms with Gasteiger partial charge >= 0.3 is 0 Å². The molecule has 7 nitrogen and oxygen atoms in total. The summed E-state index contributed by atoms with van der Waals surface area (Å²) in [4.78, 5) is 28.9. The molecule has 0 radical (unpaired) electrons. The van der Waals surface area contributed by atoms with Crippen LogP contribution in [0.5, 0.6) is 0 Å². The Bertz CT molecular complexity index is 1180. The van der Waals surface area contributed by atoms with Gasteiger partial charge < -0.3 is 16.0 Å². The SMILES string of the molecule is CCc1nc(NCc2ccccc2)nc(-c2c(C)[nH]c3c(C(N)=O)cccc23)n1. The van der Waals surface area contributed by atoms with E-state index < -0.39 is 5.91 Å². The van der Waals surface area contributed by atoms with E-state index in [9.17, 15) is 4.79 Å². The Kier molecular flexibility index (Phi) is 4.95. The third-order valence-corrected chi connectivity index (χ3v) is 4.80. The number of nitrogens with two attached hydrogens (primary N) is 1. The van der Waals surface area contributed by atoms with Crippen LogP contribution >= 0.6 is 0 Å². The van der Waals surface area contributed by atoms with Crippen LogP contribution in [0.25, 0.3) is 22.3 Å². The number of nitrogens with one attached hydrogen (secondary N) is 2. The second-order valence-electron chi connectivity index (χ2n) is 6.81. The maximum absolute atomic E-state index is 11.8. The molecule has 0 saturated carbocycles. The van der Waals surface area contributed by atoms with Crippen molar-refractivity contribution in [2.45, 2.75) is 26.8 Å². The van der Waals surface area contributed by atoms with E-state index >= 15 is 0 Å². The van der Waals surface area contributed by atoms with Crippen LogP contribution in [0.1, 0.15) is 34.4 Å². The maximum atomic E-state index is 11.8. The van der Waals surface area contributed by atoms with Crippen LogP contribution in [-0.2, 0) is 13.0 Å². The lowest BCUT2D eigenvalue weighted by Gasteiger charge is -2.09. The summed E-state index contributed by atoms with van der Waals surface area (Å²) in [5.41, 5.74) is 9.54. The van der Waals surface area contributed by atoms with Gasteiger partial charge in [-0.05, 0) is 18.6 Å². The Hall–Kier alpha value is -3.74. The number of amides is 1. The van der Waals surface area contributed by atoms with Gasteiger partial charge in [0, 0.05) is 29.6 Å². The van der Waals surface area contributed by atoms with Crippen LogP contribution in [-0.4, -0.2) is 25.8 Å². The highest BCUT2D eigenvalue weighted by Gasteiger charge is 2.18. The molecule has 0 bridgehead atoms. The Morgan fingerprint density at radius 3 is 2.59 bits per heavy atom. The highest BCUT2D eigenvalue weighted by atomic mass is 16.1. The number of nitrogens with zero attached hydrogens (tertiary/aromatic N) is 3. The molecular weight excluding hydrogens is 364 g/mol. The zero-order valence-electron chi connectivity index (χ0n) is 16.4. The number of hydrogen-bond acceptors (Lipinski definition) is 5. The van der Waals surface area contributed by atoms with Crippen LogP contribution in [0.15, 0.2) is 48.5 Å². The first kappa shape index (κ1) is 18.6. The van der Waals surface area contributed by atoms with E-state index in [2.05, 4.69) is 25.3 Å². The molecule has 0 atom stereocenters. The number of aromatic amines is 1. The van der Waals surface area contributed by atoms with Crippen molar-refractivity contribution in [3.05, 3.63) is 71.2 Å². The number of carbonyl (C=O) groups is 1. The molecular formula is C22H22N6O. The molecule has 0 saturated heterocycles. The second kappa shape index (κ2) is 7.71. The number of aromatic nitrogens is 4. The van der Waals surface area contributed by atoms with Crippen molar-refractivity contribution in [1.82, 2.24) is 19.9 Å². The fourth-order valence-electron chi connectivity index (χ4n) is 3.39. The first-order chi connectivity index (χ1) is 14.1. The molecule has 0 fully saturated rings. The highest BCUT2D eigenvalue weighted by Crippen LogP contribution is 2.32. The maximum Gasteiger partial charge on any atom is 0.250 e. The van der Waals surface area contributed by atoms with Crippen LogP contribution in [0.3, 0.4) is 0 Å². The number of primary amides is 1. The van der Waals surface area contributed by atoms with Gasteiger partial charge in [0.1, 0.15) is 5.82 Å². The van der Waals surface area contributed by atoms with Crippen LogP contribution in [0.2, 0.25) is 0 Å². The molecule has 2 heterocycles. The van der Waals surface area contributed by atoms with E-state index in [1.165, 1.54) is 0 Å². The van der Waals surface area contributed by atoms with Gasteiger partial charge in [-0.2, -0.15) is 9.97 Å². The summed E-state index contributed by atoms with van der Waals surface area (Å²) in [5.74, 6) is 1.32. The Morgan fingerprint density at radius 1 is 1.07 bits per heavy atom. The molecule has 146 valence electrons. The monoisotopic (exact) mass is 386 g/mol. The third kappa shape index (κ3) is 3.67. The molecule has 1 amide bonds. The fraction of sp³-hybridized carbons (Fsp3) is 0.182. The number of para-hydroxylation sites is 1. The first-order valence-electron chi connectivity index (χ1n) is 9.51. The quantitative estimate of drug-likeness (QED) is 0.469. The summed E-state index contributed by atoms with van der Waals surface area (Å²) in [6, 6.07) is 15.5. The zero-order valence-corrected chi connectivity index (χ0v) is 16.4. The third-order valence-electron chi connectivity index (χ3n) is 4.80. The average Bonchev–Trinajstić information content (AvgIpc) is 3.08. The summed E-state index contributed by atoms with van der Waals surface area (Å²) >= 11 is 0. The Labute approximate surface area is 168 Å². The largest absolute Gasteiger partial charge is 0.366 e. The van der Waals surface area contributed by atoms with Crippen molar-refractivity contribution in [2.24, 2.45) is 5.73 Å². The van der Waals surface area contributed by atoms with Crippen molar-refractivity contribution < 1.29 is 4.79 Å². The standard InChI is InChI=1S/C22H22N6O/c1-3-17-26-21(28-22(27-17)24-12-14-8-5-4-6-9-14)18-13(2)25-19-15(18)10-7-11-16(19)20(23)29/h4-11,25H,3,12H2,1-2H3,(H2,23,29)(H,24,26,27,28). The summed E-state index contributed by atoms with van der Waals surface area (Å²) in [7, 11) is 0. The molecule has 0 aliphatic carbocycles. The van der Waals surface area contributed by atoms with Crippen molar-refractivity contribution >= 4 is 22.8 Å². The van der Waals surface area contributed by atoms with Gasteiger partial charge in [-0.25, -0.2) is 4.98 Å². The van der Waals surface area contributed by atoms with Crippen molar-refractivity contribution in [3.63, 3.8) is 0 Å². The molecule has 7 heteroatoms. The zero-order chi connectivity index (χ0) is 20.4. The summed E-state index contributed by atoms with van der Waals surface area (Å²) in [5, 5.41) is 4.15. The van der Waals surface area contributed by atoms with E-state index in [1.807, 2.05) is 56.3 Å². The van der Waals surface area contributed by atoms with Crippen molar-refractivity contribution in [1.29, 1.82) is 0 Å². The minimum Gasteiger partial charge on any atom is -0.366 e. The number of aryl methyl sites for hydroxylation is 2. The number of carbonyl (C=O) groups excluding carboxylic acids is 1.